The number of nitrogens with zero attached hydrogens (tertiary/aromatic N) is 3. The van der Waals surface area contributed by atoms with Crippen molar-refractivity contribution in [1.29, 1.82) is 0 Å². The number of hydrogen-bond donors (Lipinski definition) is 2. The van der Waals surface area contributed by atoms with Crippen LogP contribution in [0.2, 0.25) is 0 Å². The van der Waals surface area contributed by atoms with Crippen LogP contribution in [0.15, 0.2) is 4.99 Å². The molecule has 0 aliphatic carbocycles. The number of nitrogens with two attached hydrogens (primary N) is 1. The van der Waals surface area contributed by atoms with Gasteiger partial charge in [0.2, 0.25) is 0 Å². The molecule has 0 aromatic carbocycles. The Labute approximate surface area is 74.9 Å². The predicted molar refractivity (Wildman–Crippen MR) is 48.6 cm³/mol. The van der Waals surface area contributed by atoms with E-state index in [1.54, 1.807) is 14.0 Å². The van der Waals surface area contributed by atoms with E-state index in [4.69, 9.17) is 5.73 Å². The molecule has 0 bridgehead atoms. The van der Waals surface area contributed by atoms with Gasteiger partial charge < -0.3 is 11.1 Å². The Bertz CT molecular complexity index is 336. The molecule has 0 aliphatic heterocycles. The van der Waals surface area contributed by atoms with Gasteiger partial charge in [0.25, 0.3) is 0 Å². The zero-order valence-corrected chi connectivity index (χ0v) is 7.37. The van der Waals surface area contributed by atoms with Gasteiger partial charge in [-0.2, -0.15) is 14.4 Å². The summed E-state index contributed by atoms with van der Waals surface area (Å²) in [4.78, 5) is 10.7. The minimum absolute atomic E-state index is 0.236. The molecular weight excluding hydrogens is 173 g/mol. The Kier molecular flexibility index (Phi) is 2.73. The van der Waals surface area contributed by atoms with Crippen molar-refractivity contribution in [2.24, 2.45) is 10.7 Å². The lowest BCUT2D eigenvalue weighted by Gasteiger charge is -2.04. The average Bonchev–Trinajstić information content (AvgIpc) is 2.11. The first-order valence-electron chi connectivity index (χ1n) is 3.65. The topological polar surface area (TPSA) is 76.2 Å². The lowest BCUT2D eigenvalue weighted by atomic mass is 10.3. The zero-order valence-electron chi connectivity index (χ0n) is 7.37. The molecule has 0 radical (unpaired) electrons. The molecule has 0 fully saturated rings. The molecular formula is C7H10FN5. The molecule has 6 heteroatoms. The summed E-state index contributed by atoms with van der Waals surface area (Å²) in [5, 5.41) is 2.73. The molecule has 0 aliphatic rings. The van der Waals surface area contributed by atoms with Gasteiger partial charge in [-0.15, -0.1) is 0 Å². The maximum Gasteiger partial charge on any atom is 0.312 e. The van der Waals surface area contributed by atoms with Gasteiger partial charge >= 0.3 is 6.08 Å². The predicted octanol–water partition coefficient (Wildman–Crippen LogP) is 0.584. The van der Waals surface area contributed by atoms with Gasteiger partial charge in [-0.3, -0.25) is 0 Å². The van der Waals surface area contributed by atoms with Gasteiger partial charge in [0, 0.05) is 12.6 Å². The van der Waals surface area contributed by atoms with Crippen molar-refractivity contribution in [3.63, 3.8) is 0 Å². The third-order valence-corrected chi connectivity index (χ3v) is 1.53. The van der Waals surface area contributed by atoms with Crippen LogP contribution < -0.4 is 11.1 Å². The molecule has 3 N–H and O–H groups in total. The Morgan fingerprint density at radius 2 is 2.23 bits per heavy atom. The molecule has 0 saturated carbocycles. The highest BCUT2D eigenvalue weighted by atomic mass is 19.1. The van der Waals surface area contributed by atoms with E-state index < -0.39 is 6.08 Å². The summed E-state index contributed by atoms with van der Waals surface area (Å²) in [5.41, 5.74) is 5.73. The molecule has 0 amide bonds. The summed E-state index contributed by atoms with van der Waals surface area (Å²) in [6.45, 7) is 1.73. The fourth-order valence-corrected chi connectivity index (χ4v) is 0.918. The van der Waals surface area contributed by atoms with Crippen LogP contribution in [0.1, 0.15) is 5.56 Å². The molecule has 0 unspecified atom stereocenters. The van der Waals surface area contributed by atoms with E-state index >= 15 is 0 Å². The minimum Gasteiger partial charge on any atom is -0.390 e. The van der Waals surface area contributed by atoms with E-state index in [1.165, 1.54) is 0 Å². The van der Waals surface area contributed by atoms with Crippen molar-refractivity contribution < 1.29 is 4.39 Å². The molecule has 0 spiro atoms. The average molecular weight is 183 g/mol. The maximum atomic E-state index is 12.7. The Hall–Kier alpha value is -1.72. The van der Waals surface area contributed by atoms with Gasteiger partial charge in [-0.05, 0) is 6.92 Å². The normalized spacial score (nSPS) is 10.7. The second kappa shape index (κ2) is 3.79. The van der Waals surface area contributed by atoms with E-state index in [9.17, 15) is 4.39 Å². The van der Waals surface area contributed by atoms with Crippen molar-refractivity contribution in [2.45, 2.75) is 6.92 Å². The number of aliphatic imine (C=N–C) groups is 1. The van der Waals surface area contributed by atoms with Crippen molar-refractivity contribution in [3.05, 3.63) is 11.6 Å². The maximum absolute atomic E-state index is 12.7. The van der Waals surface area contributed by atoms with Crippen LogP contribution >= 0.6 is 0 Å². The monoisotopic (exact) mass is 183 g/mol. The van der Waals surface area contributed by atoms with Crippen LogP contribution in [-0.4, -0.2) is 23.4 Å². The second-order valence-electron chi connectivity index (χ2n) is 2.32. The van der Waals surface area contributed by atoms with Crippen LogP contribution in [0.3, 0.4) is 0 Å². The van der Waals surface area contributed by atoms with Crippen molar-refractivity contribution in [3.8, 4) is 0 Å². The summed E-state index contributed by atoms with van der Waals surface area (Å²) >= 11 is 0. The van der Waals surface area contributed by atoms with Crippen LogP contribution in [0.25, 0.3) is 0 Å². The lowest BCUT2D eigenvalue weighted by molar-refractivity contribution is 0.540. The molecule has 70 valence electrons. The fourth-order valence-electron chi connectivity index (χ4n) is 0.918. The molecule has 0 atom stereocenters. The molecule has 1 aromatic rings. The number of halogens is 1. The molecule has 1 rings (SSSR count). The first-order valence-corrected chi connectivity index (χ1v) is 3.65. The van der Waals surface area contributed by atoms with E-state index in [-0.39, 0.29) is 5.82 Å². The first kappa shape index (κ1) is 9.37. The highest BCUT2D eigenvalue weighted by Crippen LogP contribution is 2.20. The third kappa shape index (κ3) is 1.90. The Morgan fingerprint density at radius 1 is 1.54 bits per heavy atom. The third-order valence-electron chi connectivity index (χ3n) is 1.53. The van der Waals surface area contributed by atoms with Crippen molar-refractivity contribution in [1.82, 2.24) is 9.97 Å². The SMILES string of the molecule is CNc1nc(F)nc(N=CN)c1C. The number of rotatable bonds is 2. The molecule has 5 nitrogen and oxygen atoms in total. The van der Waals surface area contributed by atoms with Gasteiger partial charge in [-0.1, -0.05) is 0 Å². The summed E-state index contributed by atoms with van der Waals surface area (Å²) in [5.74, 6) is 0.646. The molecule has 1 aromatic heterocycles. The van der Waals surface area contributed by atoms with E-state index in [0.717, 1.165) is 6.34 Å². The summed E-state index contributed by atoms with van der Waals surface area (Å²) < 4.78 is 12.7. The van der Waals surface area contributed by atoms with Crippen LogP contribution in [0.4, 0.5) is 16.0 Å². The molecule has 13 heavy (non-hydrogen) atoms. The van der Waals surface area contributed by atoms with Crippen molar-refractivity contribution >= 4 is 18.0 Å². The largest absolute Gasteiger partial charge is 0.390 e. The Balaban J connectivity index is 3.26. The van der Waals surface area contributed by atoms with Crippen LogP contribution in [-0.2, 0) is 0 Å². The molecule has 1 heterocycles. The smallest absolute Gasteiger partial charge is 0.312 e. The summed E-state index contributed by atoms with van der Waals surface area (Å²) in [6.07, 6.45) is 0.240. The number of aromatic nitrogens is 2. The van der Waals surface area contributed by atoms with Gasteiger partial charge in [0.05, 0.1) is 6.34 Å². The van der Waals surface area contributed by atoms with E-state index in [2.05, 4.69) is 20.3 Å². The number of anilines is 1. The van der Waals surface area contributed by atoms with Crippen LogP contribution in [0, 0.1) is 13.0 Å². The van der Waals surface area contributed by atoms with E-state index in [0.29, 0.717) is 11.4 Å². The quantitative estimate of drug-likeness (QED) is 0.399. The standard InChI is InChI=1S/C7H10FN5/c1-4-5(10-2)12-7(8)13-6(4)11-3-9/h3H,1-2H3,(H3,9,10,11,12,13). The van der Waals surface area contributed by atoms with Crippen LogP contribution in [0.5, 0.6) is 0 Å². The number of hydrogen-bond acceptors (Lipinski definition) is 4. The van der Waals surface area contributed by atoms with Crippen molar-refractivity contribution in [2.75, 3.05) is 12.4 Å². The van der Waals surface area contributed by atoms with E-state index in [1.807, 2.05) is 0 Å². The minimum atomic E-state index is -0.824. The number of nitrogens with one attached hydrogen (secondary N) is 1. The fraction of sp³-hybridized carbons (Fsp3) is 0.286. The van der Waals surface area contributed by atoms with Gasteiger partial charge in [0.15, 0.2) is 5.82 Å². The zero-order chi connectivity index (χ0) is 9.84. The van der Waals surface area contributed by atoms with Gasteiger partial charge in [0.1, 0.15) is 5.82 Å². The Morgan fingerprint density at radius 3 is 2.77 bits per heavy atom. The summed E-state index contributed by atoms with van der Waals surface area (Å²) in [6, 6.07) is 0. The summed E-state index contributed by atoms with van der Waals surface area (Å²) in [7, 11) is 1.64. The highest BCUT2D eigenvalue weighted by molar-refractivity contribution is 5.62. The lowest BCUT2D eigenvalue weighted by Crippen LogP contribution is -2.01. The second-order valence-corrected chi connectivity index (χ2v) is 2.32. The highest BCUT2D eigenvalue weighted by Gasteiger charge is 2.07. The van der Waals surface area contributed by atoms with Gasteiger partial charge in [-0.25, -0.2) is 4.99 Å². The molecule has 0 saturated heterocycles. The first-order chi connectivity index (χ1) is 6.19.